The number of carbonyl (C=O) groups excluding carboxylic acids is 2. The number of hydrogen-bond acceptors (Lipinski definition) is 8. The van der Waals surface area contributed by atoms with E-state index in [9.17, 15) is 14.7 Å². The summed E-state index contributed by atoms with van der Waals surface area (Å²) in [5.41, 5.74) is 2.39. The van der Waals surface area contributed by atoms with E-state index in [0.29, 0.717) is 23.6 Å². The highest BCUT2D eigenvalue weighted by Crippen LogP contribution is 2.35. The van der Waals surface area contributed by atoms with E-state index in [0.717, 1.165) is 23.2 Å². The lowest BCUT2D eigenvalue weighted by molar-refractivity contribution is -0.215. The van der Waals surface area contributed by atoms with E-state index >= 15 is 0 Å². The van der Waals surface area contributed by atoms with E-state index < -0.39 is 40.0 Å². The number of esters is 2. The molecule has 0 radical (unpaired) electrons. The fraction of sp³-hybridized carbons (Fsp3) is 0.500. The van der Waals surface area contributed by atoms with Crippen molar-refractivity contribution in [1.82, 2.24) is 5.32 Å². The van der Waals surface area contributed by atoms with Crippen molar-refractivity contribution in [3.05, 3.63) is 76.5 Å². The second-order valence-electron chi connectivity index (χ2n) is 13.5. The molecule has 0 fully saturated rings. The summed E-state index contributed by atoms with van der Waals surface area (Å²) < 4.78 is 22.7. The average molecular weight is 648 g/mol. The zero-order valence-corrected chi connectivity index (χ0v) is 29.1. The number of rotatable bonds is 15. The van der Waals surface area contributed by atoms with Crippen LogP contribution >= 0.6 is 11.6 Å². The molecule has 11 heteroatoms. The second kappa shape index (κ2) is 14.9. The van der Waals surface area contributed by atoms with Gasteiger partial charge in [-0.3, -0.25) is 0 Å². The minimum atomic E-state index is -2.34. The van der Waals surface area contributed by atoms with Crippen LogP contribution in [0, 0.1) is 0 Å². The van der Waals surface area contributed by atoms with Crippen LogP contribution in [0.15, 0.2) is 54.8 Å². The first kappa shape index (κ1) is 34.8. The predicted octanol–water partition coefficient (Wildman–Crippen LogP) is 6.40. The number of benzene rings is 2. The lowest BCUT2D eigenvalue weighted by atomic mass is 10.0. The molecule has 1 aliphatic rings. The number of ether oxygens (including phenoxy) is 4. The van der Waals surface area contributed by atoms with Gasteiger partial charge in [-0.1, -0.05) is 81.2 Å². The summed E-state index contributed by atoms with van der Waals surface area (Å²) >= 11 is 6.05. The van der Waals surface area contributed by atoms with Crippen molar-refractivity contribution >= 4 is 45.4 Å². The van der Waals surface area contributed by atoms with Crippen molar-refractivity contribution in [2.45, 2.75) is 82.6 Å². The van der Waals surface area contributed by atoms with Crippen molar-refractivity contribution in [1.29, 1.82) is 0 Å². The van der Waals surface area contributed by atoms with Gasteiger partial charge in [-0.2, -0.15) is 0 Å². The van der Waals surface area contributed by atoms with Gasteiger partial charge in [0.05, 0.1) is 19.3 Å². The fourth-order valence-corrected chi connectivity index (χ4v) is 5.87. The molecular formula is C32H46ClNO7Si2. The molecule has 1 heterocycles. The SMILES string of the molecule is CC(Cc1cccc(C2=COC(C(=O)OCC[Si](C)(C)C)(C(=O)OCC[Si](C)(C)C)O2)c1)NCC(O)c1cccc(Cl)c1. The summed E-state index contributed by atoms with van der Waals surface area (Å²) in [7, 11) is -2.97. The molecule has 0 aliphatic carbocycles. The first-order chi connectivity index (χ1) is 20.1. The van der Waals surface area contributed by atoms with Crippen molar-refractivity contribution in [3.63, 3.8) is 0 Å². The smallest absolute Gasteiger partial charge is 0.453 e. The molecular weight excluding hydrogens is 602 g/mol. The molecule has 2 aromatic carbocycles. The molecule has 2 unspecified atom stereocenters. The quantitative estimate of drug-likeness (QED) is 0.130. The van der Waals surface area contributed by atoms with Gasteiger partial charge in [0.2, 0.25) is 0 Å². The number of carbonyl (C=O) groups is 2. The van der Waals surface area contributed by atoms with Crippen molar-refractivity contribution in [2.24, 2.45) is 0 Å². The number of aliphatic hydroxyl groups is 1. The maximum atomic E-state index is 13.3. The summed E-state index contributed by atoms with van der Waals surface area (Å²) in [5, 5.41) is 14.5. The van der Waals surface area contributed by atoms with Crippen LogP contribution in [0.1, 0.15) is 29.7 Å². The molecule has 2 atom stereocenters. The zero-order valence-electron chi connectivity index (χ0n) is 26.4. The van der Waals surface area contributed by atoms with E-state index in [1.807, 2.05) is 43.3 Å². The summed E-state index contributed by atoms with van der Waals surface area (Å²) in [4.78, 5) is 26.5. The maximum Gasteiger partial charge on any atom is 0.453 e. The lowest BCUT2D eigenvalue weighted by Crippen LogP contribution is -2.50. The van der Waals surface area contributed by atoms with Crippen LogP contribution in [0.25, 0.3) is 5.76 Å². The third-order valence-electron chi connectivity index (χ3n) is 6.94. The third-order valence-corrected chi connectivity index (χ3v) is 10.6. The molecule has 0 amide bonds. The van der Waals surface area contributed by atoms with Crippen molar-refractivity contribution in [2.75, 3.05) is 19.8 Å². The van der Waals surface area contributed by atoms with Gasteiger partial charge in [0.15, 0.2) is 5.76 Å². The summed E-state index contributed by atoms with van der Waals surface area (Å²) in [5.74, 6) is -3.93. The normalized spacial score (nSPS) is 16.0. The fourth-order valence-electron chi connectivity index (χ4n) is 4.24. The Morgan fingerprint density at radius 2 is 1.56 bits per heavy atom. The van der Waals surface area contributed by atoms with E-state index in [1.165, 1.54) is 6.26 Å². The molecule has 3 rings (SSSR count). The lowest BCUT2D eigenvalue weighted by Gasteiger charge is -2.25. The molecule has 1 aliphatic heterocycles. The molecule has 0 bridgehead atoms. The highest BCUT2D eigenvalue weighted by Gasteiger charge is 2.58. The first-order valence-corrected chi connectivity index (χ1v) is 22.5. The highest BCUT2D eigenvalue weighted by atomic mass is 35.5. The van der Waals surface area contributed by atoms with Gasteiger partial charge in [0.25, 0.3) is 0 Å². The third kappa shape index (κ3) is 10.8. The summed E-state index contributed by atoms with van der Waals surface area (Å²) in [6.07, 6.45) is 1.25. The number of nitrogens with one attached hydrogen (secondary N) is 1. The molecule has 0 aromatic heterocycles. The number of halogens is 1. The highest BCUT2D eigenvalue weighted by molar-refractivity contribution is 6.76. The Hall–Kier alpha value is -2.64. The Labute approximate surface area is 262 Å². The van der Waals surface area contributed by atoms with Gasteiger partial charge >= 0.3 is 17.7 Å². The standard InChI is InChI=1S/C32H46ClNO7Si2/c1-23(34-21-28(35)25-11-9-13-27(33)20-25)18-24-10-8-12-26(19-24)29-22-40-32(41-29,30(36)38-14-16-42(2,3)4)31(37)39-15-17-43(5,6)7/h8-13,19-20,22-23,28,34-35H,14-18,21H2,1-7H3. The van der Waals surface area contributed by atoms with E-state index in [2.05, 4.69) is 44.6 Å². The molecule has 0 saturated carbocycles. The maximum absolute atomic E-state index is 13.3. The van der Waals surface area contributed by atoms with Gasteiger partial charge in [-0.05, 0) is 54.8 Å². The van der Waals surface area contributed by atoms with Crippen LogP contribution in [0.3, 0.4) is 0 Å². The van der Waals surface area contributed by atoms with Crippen LogP contribution in [0.2, 0.25) is 56.4 Å². The number of hydrogen-bond donors (Lipinski definition) is 2. The van der Waals surface area contributed by atoms with Crippen LogP contribution in [0.4, 0.5) is 0 Å². The van der Waals surface area contributed by atoms with Gasteiger partial charge in [0, 0.05) is 39.3 Å². The van der Waals surface area contributed by atoms with Crippen LogP contribution in [0.5, 0.6) is 0 Å². The Kier molecular flexibility index (Phi) is 12.1. The average Bonchev–Trinajstić information content (AvgIpc) is 3.37. The first-order valence-electron chi connectivity index (χ1n) is 14.8. The Bertz CT molecular complexity index is 1260. The van der Waals surface area contributed by atoms with Gasteiger partial charge < -0.3 is 29.4 Å². The Morgan fingerprint density at radius 3 is 2.14 bits per heavy atom. The van der Waals surface area contributed by atoms with Crippen LogP contribution in [-0.2, 0) is 35.0 Å². The van der Waals surface area contributed by atoms with Gasteiger partial charge in [-0.25, -0.2) is 9.59 Å². The van der Waals surface area contributed by atoms with E-state index in [1.54, 1.807) is 12.1 Å². The largest absolute Gasteiger partial charge is 0.460 e. The van der Waals surface area contributed by atoms with Gasteiger partial charge in [-0.15, -0.1) is 0 Å². The monoisotopic (exact) mass is 647 g/mol. The minimum Gasteiger partial charge on any atom is -0.460 e. The molecule has 0 spiro atoms. The topological polar surface area (TPSA) is 103 Å². The molecule has 2 aromatic rings. The molecule has 8 nitrogen and oxygen atoms in total. The van der Waals surface area contributed by atoms with E-state index in [4.69, 9.17) is 30.5 Å². The predicted molar refractivity (Wildman–Crippen MR) is 175 cm³/mol. The van der Waals surface area contributed by atoms with Crippen LogP contribution < -0.4 is 5.32 Å². The summed E-state index contributed by atoms with van der Waals surface area (Å²) in [6.45, 7) is 15.8. The molecule has 0 saturated heterocycles. The Balaban J connectivity index is 1.67. The summed E-state index contributed by atoms with van der Waals surface area (Å²) in [6, 6.07) is 16.3. The number of aliphatic hydroxyl groups excluding tert-OH is 1. The Morgan fingerprint density at radius 1 is 0.953 bits per heavy atom. The molecule has 43 heavy (non-hydrogen) atoms. The zero-order chi connectivity index (χ0) is 31.8. The minimum absolute atomic E-state index is 0.0422. The van der Waals surface area contributed by atoms with Crippen molar-refractivity contribution < 1.29 is 33.6 Å². The van der Waals surface area contributed by atoms with E-state index in [-0.39, 0.29) is 25.0 Å². The van der Waals surface area contributed by atoms with Crippen LogP contribution in [-0.4, -0.2) is 64.8 Å². The van der Waals surface area contributed by atoms with Crippen molar-refractivity contribution in [3.8, 4) is 0 Å². The molecule has 2 N–H and O–H groups in total. The molecule has 236 valence electrons. The van der Waals surface area contributed by atoms with Gasteiger partial charge in [0.1, 0.15) is 6.26 Å². The second-order valence-corrected chi connectivity index (χ2v) is 25.2.